The Morgan fingerprint density at radius 1 is 0.912 bits per heavy atom. The zero-order valence-electron chi connectivity index (χ0n) is 21.0. The van der Waals surface area contributed by atoms with Crippen molar-refractivity contribution in [3.63, 3.8) is 0 Å². The van der Waals surface area contributed by atoms with Crippen LogP contribution in [0.5, 0.6) is 0 Å². The first-order valence-corrected chi connectivity index (χ1v) is 14.0. The molecular formula is C27H41NO5S. The van der Waals surface area contributed by atoms with Gasteiger partial charge in [-0.15, -0.1) is 11.8 Å². The third-order valence-corrected chi connectivity index (χ3v) is 7.93. The van der Waals surface area contributed by atoms with Gasteiger partial charge in [0.25, 0.3) is 0 Å². The van der Waals surface area contributed by atoms with Crippen LogP contribution in [0.15, 0.2) is 35.2 Å². The highest BCUT2D eigenvalue weighted by molar-refractivity contribution is 7.92. The summed E-state index contributed by atoms with van der Waals surface area (Å²) in [4.78, 5) is 24.9. The third kappa shape index (κ3) is 11.2. The predicted molar refractivity (Wildman–Crippen MR) is 136 cm³/mol. The van der Waals surface area contributed by atoms with E-state index < -0.39 is 21.2 Å². The van der Waals surface area contributed by atoms with Crippen LogP contribution in [0, 0.1) is 11.8 Å². The summed E-state index contributed by atoms with van der Waals surface area (Å²) in [5, 5.41) is 1.73. The number of methoxy groups -OCH3 is 1. The van der Waals surface area contributed by atoms with E-state index in [0.29, 0.717) is 19.3 Å². The van der Waals surface area contributed by atoms with Crippen LogP contribution in [-0.4, -0.2) is 38.7 Å². The molecule has 0 aromatic heterocycles. The highest BCUT2D eigenvalue weighted by Crippen LogP contribution is 2.22. The molecule has 34 heavy (non-hydrogen) atoms. The van der Waals surface area contributed by atoms with Crippen molar-refractivity contribution in [3.05, 3.63) is 30.3 Å². The average molecular weight is 492 g/mol. The Balaban J connectivity index is 2.84. The van der Waals surface area contributed by atoms with Gasteiger partial charge in [-0.1, -0.05) is 57.7 Å². The van der Waals surface area contributed by atoms with Crippen molar-refractivity contribution in [1.82, 2.24) is 5.32 Å². The number of benzene rings is 1. The number of rotatable bonds is 16. The number of Topliss-reactive ketones (excluding diaryl/α,β-unsaturated/α-hetero) is 1. The molecule has 0 aliphatic heterocycles. The minimum absolute atomic E-state index is 0.0968. The monoisotopic (exact) mass is 491 g/mol. The maximum Gasteiger partial charge on any atom is 0.407 e. The smallest absolute Gasteiger partial charge is 0.407 e. The summed E-state index contributed by atoms with van der Waals surface area (Å²) in [6.45, 7) is 4.21. The molecule has 6 nitrogen and oxygen atoms in total. The Kier molecular flexibility index (Phi) is 15.0. The molecule has 0 spiro atoms. The van der Waals surface area contributed by atoms with Gasteiger partial charge in [0.15, 0.2) is 15.6 Å². The van der Waals surface area contributed by atoms with Gasteiger partial charge in [0.2, 0.25) is 0 Å². The molecule has 0 radical (unpaired) electrons. The van der Waals surface area contributed by atoms with E-state index in [4.69, 9.17) is 4.74 Å². The molecule has 190 valence electrons. The fourth-order valence-electron chi connectivity index (χ4n) is 3.75. The number of unbranched alkanes of at least 4 members (excludes halogenated alkanes) is 4. The van der Waals surface area contributed by atoms with Gasteiger partial charge in [0.05, 0.1) is 12.0 Å². The molecule has 1 rings (SSSR count). The summed E-state index contributed by atoms with van der Waals surface area (Å²) in [7, 11) is -2.47. The number of alkyl carbamates (subject to hydrolysis) is 1. The van der Waals surface area contributed by atoms with Crippen molar-refractivity contribution in [2.45, 2.75) is 107 Å². The van der Waals surface area contributed by atoms with Crippen molar-refractivity contribution in [2.75, 3.05) is 7.11 Å². The summed E-state index contributed by atoms with van der Waals surface area (Å²) in [6, 6.07) is 8.05. The van der Waals surface area contributed by atoms with Crippen LogP contribution in [0.2, 0.25) is 0 Å². The Labute approximate surface area is 206 Å². The highest BCUT2D eigenvalue weighted by atomic mass is 32.2. The van der Waals surface area contributed by atoms with Crippen molar-refractivity contribution >= 4 is 21.7 Å². The number of hydrogen-bond donors (Lipinski definition) is 1. The van der Waals surface area contributed by atoms with Crippen LogP contribution < -0.4 is 5.32 Å². The molecule has 7 heteroatoms. The number of carbonyl (C=O) groups excluding carboxylic acids is 2. The molecule has 0 heterocycles. The highest BCUT2D eigenvalue weighted by Gasteiger charge is 2.32. The van der Waals surface area contributed by atoms with E-state index in [-0.39, 0.29) is 29.6 Å². The van der Waals surface area contributed by atoms with Gasteiger partial charge in [-0.25, -0.2) is 13.2 Å². The lowest BCUT2D eigenvalue weighted by Gasteiger charge is -2.19. The van der Waals surface area contributed by atoms with Gasteiger partial charge >= 0.3 is 6.09 Å². The van der Waals surface area contributed by atoms with Crippen molar-refractivity contribution in [2.24, 2.45) is 0 Å². The van der Waals surface area contributed by atoms with Gasteiger partial charge in [-0.3, -0.25) is 4.79 Å². The molecule has 0 aliphatic carbocycles. The minimum Gasteiger partial charge on any atom is -0.453 e. The van der Waals surface area contributed by atoms with Crippen molar-refractivity contribution in [3.8, 4) is 11.8 Å². The molecule has 0 saturated carbocycles. The zero-order chi connectivity index (χ0) is 25.2. The molecule has 0 fully saturated rings. The number of ketones is 1. The van der Waals surface area contributed by atoms with Crippen LogP contribution in [-0.2, 0) is 19.4 Å². The van der Waals surface area contributed by atoms with Gasteiger partial charge in [-0.05, 0) is 44.2 Å². The van der Waals surface area contributed by atoms with Crippen LogP contribution in [0.1, 0.15) is 90.9 Å². The first kappa shape index (κ1) is 29.7. The molecule has 1 N–H and O–H groups in total. The Morgan fingerprint density at radius 3 is 2.21 bits per heavy atom. The minimum atomic E-state index is -3.80. The number of hydrogen-bond acceptors (Lipinski definition) is 5. The van der Waals surface area contributed by atoms with E-state index in [9.17, 15) is 18.0 Å². The summed E-state index contributed by atoms with van der Waals surface area (Å²) in [5.74, 6) is 5.81. The van der Waals surface area contributed by atoms with E-state index in [1.165, 1.54) is 19.2 Å². The molecular weight excluding hydrogens is 450 g/mol. The Morgan fingerprint density at radius 2 is 1.56 bits per heavy atom. The predicted octanol–water partition coefficient (Wildman–Crippen LogP) is 5.85. The van der Waals surface area contributed by atoms with E-state index in [1.807, 2.05) is 0 Å². The molecule has 0 saturated heterocycles. The molecule has 2 atom stereocenters. The lowest BCUT2D eigenvalue weighted by Crippen LogP contribution is -2.35. The van der Waals surface area contributed by atoms with Crippen LogP contribution in [0.4, 0.5) is 4.79 Å². The van der Waals surface area contributed by atoms with Crippen LogP contribution in [0.25, 0.3) is 0 Å². The van der Waals surface area contributed by atoms with E-state index >= 15 is 0 Å². The second-order valence-corrected chi connectivity index (χ2v) is 10.7. The normalized spacial score (nSPS) is 12.8. The largest absolute Gasteiger partial charge is 0.453 e. The van der Waals surface area contributed by atoms with Gasteiger partial charge in [0.1, 0.15) is 5.25 Å². The zero-order valence-corrected chi connectivity index (χ0v) is 21.8. The third-order valence-electron chi connectivity index (χ3n) is 5.76. The lowest BCUT2D eigenvalue weighted by atomic mass is 10.0. The van der Waals surface area contributed by atoms with E-state index in [1.54, 1.807) is 18.2 Å². The number of carbonyl (C=O) groups is 2. The summed E-state index contributed by atoms with van der Waals surface area (Å²) < 4.78 is 31.2. The van der Waals surface area contributed by atoms with Crippen LogP contribution in [0.3, 0.4) is 0 Å². The second-order valence-electron chi connectivity index (χ2n) is 8.53. The van der Waals surface area contributed by atoms with Crippen molar-refractivity contribution in [1.29, 1.82) is 0 Å². The molecule has 1 unspecified atom stereocenters. The number of amides is 1. The second kappa shape index (κ2) is 17.2. The molecule has 1 amide bonds. The Hall–Kier alpha value is -2.33. The summed E-state index contributed by atoms with van der Waals surface area (Å²) in [6.07, 6.45) is 8.08. The fraction of sp³-hybridized carbons (Fsp3) is 0.630. The SMILES string of the molecule is CCCCC#CCCC(C(=O)CCC[C@@H](CCCCC)NC(=O)OC)S(=O)(=O)c1ccccc1. The topological polar surface area (TPSA) is 89.5 Å². The van der Waals surface area contributed by atoms with Crippen LogP contribution >= 0.6 is 0 Å². The quantitative estimate of drug-likeness (QED) is 0.231. The lowest BCUT2D eigenvalue weighted by molar-refractivity contribution is -0.118. The van der Waals surface area contributed by atoms with Crippen molar-refractivity contribution < 1.29 is 22.7 Å². The van der Waals surface area contributed by atoms with Gasteiger partial charge in [0, 0.05) is 25.3 Å². The first-order valence-electron chi connectivity index (χ1n) is 12.5. The maximum atomic E-state index is 13.3. The molecule has 1 aromatic rings. The molecule has 0 aliphatic rings. The average Bonchev–Trinajstić information content (AvgIpc) is 2.83. The number of ether oxygens (including phenoxy) is 1. The Bertz CT molecular complexity index is 887. The van der Waals surface area contributed by atoms with Gasteiger partial charge in [-0.2, -0.15) is 0 Å². The van der Waals surface area contributed by atoms with Gasteiger partial charge < -0.3 is 10.1 Å². The van der Waals surface area contributed by atoms with E-state index in [2.05, 4.69) is 31.0 Å². The molecule has 0 bridgehead atoms. The number of nitrogens with one attached hydrogen (secondary N) is 1. The fourth-order valence-corrected chi connectivity index (χ4v) is 5.50. The number of sulfone groups is 1. The summed E-state index contributed by atoms with van der Waals surface area (Å²) >= 11 is 0. The molecule has 1 aromatic carbocycles. The maximum absolute atomic E-state index is 13.3. The summed E-state index contributed by atoms with van der Waals surface area (Å²) in [5.41, 5.74) is 0. The standard InChI is InChI=1S/C27H41NO5S/c1-4-6-8-9-10-15-22-26(34(31,32)24-19-13-11-14-20-24)25(29)21-16-18-23(17-12-7-5-2)28-27(30)33-3/h11,13-14,19-20,23,26H,4-8,12,15-18,21-22H2,1-3H3,(H,28,30)/t23-,26?/m1/s1. The first-order chi connectivity index (χ1) is 16.4. The van der Waals surface area contributed by atoms with E-state index in [0.717, 1.165) is 44.9 Å².